The van der Waals surface area contributed by atoms with E-state index in [0.717, 1.165) is 11.3 Å². The number of hydrogen-bond acceptors (Lipinski definition) is 5. The Kier molecular flexibility index (Phi) is 5.30. The van der Waals surface area contributed by atoms with Gasteiger partial charge in [-0.3, -0.25) is 9.59 Å². The fourth-order valence-electron chi connectivity index (χ4n) is 3.07. The molecule has 0 fully saturated rings. The number of carbonyl (C=O) groups is 2. The van der Waals surface area contributed by atoms with E-state index in [1.165, 1.54) is 4.90 Å². The number of nitrogens with one attached hydrogen (secondary N) is 1. The number of hydrogen-bond donors (Lipinski definition) is 1. The molecule has 152 valence electrons. The molecule has 1 N–H and O–H groups in total. The summed E-state index contributed by atoms with van der Waals surface area (Å²) in [6, 6.07) is 15.0. The van der Waals surface area contributed by atoms with Gasteiger partial charge in [-0.05, 0) is 18.2 Å². The quantitative estimate of drug-likeness (QED) is 0.534. The van der Waals surface area contributed by atoms with Crippen molar-refractivity contribution in [3.8, 4) is 11.3 Å². The number of pyridine rings is 1. The van der Waals surface area contributed by atoms with Crippen molar-refractivity contribution in [2.75, 3.05) is 20.6 Å². The molecule has 0 radical (unpaired) electrons. The number of amides is 2. The van der Waals surface area contributed by atoms with Crippen molar-refractivity contribution in [3.63, 3.8) is 0 Å². The maximum atomic E-state index is 12.9. The molecule has 0 aliphatic rings. The number of benzene rings is 1. The van der Waals surface area contributed by atoms with Crippen LogP contribution in [-0.4, -0.2) is 52.1 Å². The van der Waals surface area contributed by atoms with Gasteiger partial charge in [0.1, 0.15) is 12.3 Å². The van der Waals surface area contributed by atoms with Gasteiger partial charge in [0.2, 0.25) is 5.91 Å². The van der Waals surface area contributed by atoms with Crippen LogP contribution in [0.25, 0.3) is 22.3 Å². The zero-order chi connectivity index (χ0) is 21.1. The first-order valence-corrected chi connectivity index (χ1v) is 9.45. The van der Waals surface area contributed by atoms with Crippen molar-refractivity contribution < 1.29 is 14.0 Å². The Balaban J connectivity index is 1.76. The molecule has 0 spiro atoms. The zero-order valence-electron chi connectivity index (χ0n) is 16.7. The van der Waals surface area contributed by atoms with Gasteiger partial charge in [-0.1, -0.05) is 30.3 Å². The summed E-state index contributed by atoms with van der Waals surface area (Å²) in [5.74, 6) is 0.187. The summed E-state index contributed by atoms with van der Waals surface area (Å²) in [6.45, 7) is 0.304. The molecule has 0 aliphatic carbocycles. The summed E-state index contributed by atoms with van der Waals surface area (Å²) in [6.07, 6.45) is 3.22. The largest absolute Gasteiger partial charge is 0.467 e. The van der Waals surface area contributed by atoms with Crippen LogP contribution in [0.5, 0.6) is 0 Å². The monoisotopic (exact) mass is 403 g/mol. The Hall–Kier alpha value is -3.94. The van der Waals surface area contributed by atoms with Crippen molar-refractivity contribution in [2.24, 2.45) is 0 Å². The van der Waals surface area contributed by atoms with Gasteiger partial charge in [0, 0.05) is 19.7 Å². The minimum Gasteiger partial charge on any atom is -0.467 e. The van der Waals surface area contributed by atoms with Gasteiger partial charge < -0.3 is 14.6 Å². The summed E-state index contributed by atoms with van der Waals surface area (Å²) in [4.78, 5) is 31.0. The summed E-state index contributed by atoms with van der Waals surface area (Å²) < 4.78 is 7.12. The van der Waals surface area contributed by atoms with Crippen molar-refractivity contribution in [1.29, 1.82) is 0 Å². The Morgan fingerprint density at radius 3 is 2.63 bits per heavy atom. The predicted octanol–water partition coefficient (Wildman–Crippen LogP) is 2.56. The van der Waals surface area contributed by atoms with E-state index < -0.39 is 0 Å². The number of furan rings is 1. The lowest BCUT2D eigenvalue weighted by atomic mass is 10.1. The molecular weight excluding hydrogens is 382 g/mol. The fraction of sp³-hybridized carbons (Fsp3) is 0.182. The van der Waals surface area contributed by atoms with Crippen LogP contribution in [-0.2, 0) is 11.3 Å². The lowest BCUT2D eigenvalue weighted by Gasteiger charge is -2.12. The van der Waals surface area contributed by atoms with Crippen LogP contribution >= 0.6 is 0 Å². The topological polar surface area (TPSA) is 93.3 Å². The summed E-state index contributed by atoms with van der Waals surface area (Å²) in [5, 5.41) is 7.71. The van der Waals surface area contributed by atoms with Crippen molar-refractivity contribution in [1.82, 2.24) is 25.0 Å². The third-order valence-corrected chi connectivity index (χ3v) is 4.71. The van der Waals surface area contributed by atoms with Gasteiger partial charge >= 0.3 is 0 Å². The fourth-order valence-corrected chi connectivity index (χ4v) is 3.07. The molecular formula is C22H21N5O3. The Morgan fingerprint density at radius 2 is 1.93 bits per heavy atom. The second kappa shape index (κ2) is 8.20. The number of nitrogens with zero attached hydrogens (tertiary/aromatic N) is 4. The minimum absolute atomic E-state index is 0.0865. The van der Waals surface area contributed by atoms with Gasteiger partial charge in [0.05, 0.1) is 35.6 Å². The van der Waals surface area contributed by atoms with Gasteiger partial charge in [0.25, 0.3) is 5.91 Å². The summed E-state index contributed by atoms with van der Waals surface area (Å²) in [7, 11) is 3.29. The standard InChI is InChI=1S/C22H21N5O3/c1-26(2)20(28)13-23-22(29)17-11-19(15-7-4-3-5-8-15)25-21-18(17)12-24-27(21)14-16-9-6-10-30-16/h3-12H,13-14H2,1-2H3,(H,23,29). The molecule has 8 heteroatoms. The minimum atomic E-state index is -0.354. The maximum absolute atomic E-state index is 12.9. The van der Waals surface area contributed by atoms with Crippen LogP contribution in [0.2, 0.25) is 0 Å². The van der Waals surface area contributed by atoms with Crippen LogP contribution in [0.1, 0.15) is 16.1 Å². The highest BCUT2D eigenvalue weighted by molar-refractivity contribution is 6.07. The van der Waals surface area contributed by atoms with E-state index in [4.69, 9.17) is 9.40 Å². The first-order chi connectivity index (χ1) is 14.5. The van der Waals surface area contributed by atoms with Gasteiger partial charge in [-0.25, -0.2) is 9.67 Å². The average molecular weight is 403 g/mol. The maximum Gasteiger partial charge on any atom is 0.252 e. The molecule has 1 aromatic carbocycles. The van der Waals surface area contributed by atoms with E-state index >= 15 is 0 Å². The average Bonchev–Trinajstić information content (AvgIpc) is 3.42. The summed E-state index contributed by atoms with van der Waals surface area (Å²) >= 11 is 0. The third-order valence-electron chi connectivity index (χ3n) is 4.71. The van der Waals surface area contributed by atoms with E-state index in [0.29, 0.717) is 28.8 Å². The van der Waals surface area contributed by atoms with Gasteiger partial charge in [0.15, 0.2) is 5.65 Å². The Labute approximate surface area is 173 Å². The second-order valence-corrected chi connectivity index (χ2v) is 7.01. The molecule has 3 heterocycles. The smallest absolute Gasteiger partial charge is 0.252 e. The lowest BCUT2D eigenvalue weighted by Crippen LogP contribution is -2.36. The molecule has 0 saturated carbocycles. The summed E-state index contributed by atoms with van der Waals surface area (Å²) in [5.41, 5.74) is 2.50. The highest BCUT2D eigenvalue weighted by Gasteiger charge is 2.19. The van der Waals surface area contributed by atoms with E-state index in [1.54, 1.807) is 37.3 Å². The first kappa shape index (κ1) is 19.4. The molecule has 3 aromatic heterocycles. The van der Waals surface area contributed by atoms with E-state index in [2.05, 4.69) is 10.4 Å². The molecule has 4 rings (SSSR count). The Bertz CT molecular complexity index is 1180. The number of rotatable bonds is 6. The number of likely N-dealkylation sites (N-methyl/N-ethyl adjacent to an activating group) is 1. The van der Waals surface area contributed by atoms with Crippen LogP contribution in [0.3, 0.4) is 0 Å². The molecule has 4 aromatic rings. The van der Waals surface area contributed by atoms with Crippen LogP contribution in [0.4, 0.5) is 0 Å². The van der Waals surface area contributed by atoms with Gasteiger partial charge in [-0.15, -0.1) is 0 Å². The molecule has 0 atom stereocenters. The zero-order valence-corrected chi connectivity index (χ0v) is 16.7. The van der Waals surface area contributed by atoms with Crippen LogP contribution in [0, 0.1) is 0 Å². The van der Waals surface area contributed by atoms with Crippen LogP contribution in [0.15, 0.2) is 65.4 Å². The van der Waals surface area contributed by atoms with E-state index in [-0.39, 0.29) is 18.4 Å². The number of fused-ring (bicyclic) bond motifs is 1. The molecule has 0 unspecified atom stereocenters. The molecule has 0 bridgehead atoms. The normalized spacial score (nSPS) is 10.9. The van der Waals surface area contributed by atoms with Crippen molar-refractivity contribution in [3.05, 3.63) is 72.3 Å². The molecule has 0 aliphatic heterocycles. The molecule has 30 heavy (non-hydrogen) atoms. The number of aromatic nitrogens is 3. The van der Waals surface area contributed by atoms with Crippen molar-refractivity contribution >= 4 is 22.8 Å². The van der Waals surface area contributed by atoms with E-state index in [1.807, 2.05) is 42.5 Å². The molecule has 8 nitrogen and oxygen atoms in total. The predicted molar refractivity (Wildman–Crippen MR) is 112 cm³/mol. The SMILES string of the molecule is CN(C)C(=O)CNC(=O)c1cc(-c2ccccc2)nc2c1cnn2Cc1ccco1. The second-order valence-electron chi connectivity index (χ2n) is 7.01. The van der Waals surface area contributed by atoms with Gasteiger partial charge in [-0.2, -0.15) is 5.10 Å². The third kappa shape index (κ3) is 3.93. The highest BCUT2D eigenvalue weighted by atomic mass is 16.3. The highest BCUT2D eigenvalue weighted by Crippen LogP contribution is 2.25. The van der Waals surface area contributed by atoms with E-state index in [9.17, 15) is 9.59 Å². The number of carbonyl (C=O) groups excluding carboxylic acids is 2. The molecule has 2 amide bonds. The first-order valence-electron chi connectivity index (χ1n) is 9.45. The van der Waals surface area contributed by atoms with Crippen LogP contribution < -0.4 is 5.32 Å². The van der Waals surface area contributed by atoms with Crippen molar-refractivity contribution in [2.45, 2.75) is 6.54 Å². The lowest BCUT2D eigenvalue weighted by molar-refractivity contribution is -0.127. The Morgan fingerprint density at radius 1 is 1.13 bits per heavy atom. The molecule has 0 saturated heterocycles.